The van der Waals surface area contributed by atoms with Crippen molar-refractivity contribution in [2.24, 2.45) is 16.2 Å². The molecule has 0 N–H and O–H groups in total. The highest BCUT2D eigenvalue weighted by atomic mass is 16.5. The number of hydrogen-bond donors (Lipinski definition) is 0. The van der Waals surface area contributed by atoms with Crippen LogP contribution in [0.25, 0.3) is 99.4 Å². The molecule has 1 aliphatic carbocycles. The lowest BCUT2D eigenvalue weighted by Crippen LogP contribution is -2.49. The van der Waals surface area contributed by atoms with Crippen molar-refractivity contribution in [2.75, 3.05) is 0 Å². The highest BCUT2D eigenvalue weighted by molar-refractivity contribution is 6.18. The van der Waals surface area contributed by atoms with E-state index in [0.29, 0.717) is 44.5 Å². The Labute approximate surface area is 462 Å². The average Bonchev–Trinajstić information content (AvgIpc) is 1.10. The Morgan fingerprint density at radius 3 is 1.99 bits per heavy atom. The molecule has 1 aliphatic rings. The molecule has 1 fully saturated rings. The van der Waals surface area contributed by atoms with Crippen molar-refractivity contribution in [2.45, 2.75) is 102 Å². The first kappa shape index (κ1) is 38.7. The Balaban J connectivity index is 1.01. The number of pyridine rings is 2. The van der Waals surface area contributed by atoms with Crippen LogP contribution < -0.4 is 4.74 Å². The van der Waals surface area contributed by atoms with Crippen molar-refractivity contribution < 1.29 is 22.9 Å². The first-order valence-electron chi connectivity index (χ1n) is 31.3. The topological polar surface area (TPSA) is 48.2 Å². The van der Waals surface area contributed by atoms with Crippen molar-refractivity contribution in [3.8, 4) is 67.4 Å². The molecule has 0 aliphatic heterocycles. The maximum atomic E-state index is 9.95. The smallest absolute Gasteiger partial charge is 0.145 e. The van der Waals surface area contributed by atoms with Crippen LogP contribution in [0.15, 0.2) is 168 Å². The van der Waals surface area contributed by atoms with Crippen LogP contribution in [0.4, 0.5) is 0 Å². The van der Waals surface area contributed by atoms with E-state index in [2.05, 4.69) is 139 Å². The fourth-order valence-corrected chi connectivity index (χ4v) is 12.0. The van der Waals surface area contributed by atoms with Gasteiger partial charge in [-0.15, -0.1) is 0 Å². The highest BCUT2D eigenvalue weighted by Gasteiger charge is 2.53. The molecular weight excluding hydrogens is 925 g/mol. The molecule has 76 heavy (non-hydrogen) atoms. The Bertz CT molecular complexity index is 4530. The Kier molecular flexibility index (Phi) is 9.26. The summed E-state index contributed by atoms with van der Waals surface area (Å²) in [6, 6.07) is 48.8. The number of aromatic nitrogens is 2. The standard InChI is InChI=1S/C72H68N2O2/c1-42-30-65(73-40-45(42)4)53-32-60(48-18-14-13-15-19-48)47(6)67(33-53)75-55-34-63-62-31-52-23-22-49-20-16-17-21-58(49)61(52)37-68(62)76-69(63)64(35-55)66-36-59(46(5)41-74-66)57-27-25-51(29-44(57)3)56-26-24-50(28-43(56)2)54-38-70(7,8)72(11,12)71(9,10)39-54/h13-37,40-41,54H,38-39H2,1-12H3/i1D3,4D3,6D3,54D. The minimum absolute atomic E-state index is 0.0384. The summed E-state index contributed by atoms with van der Waals surface area (Å²) in [4.78, 5) is 9.59. The normalized spacial score (nSPS) is 18.1. The summed E-state index contributed by atoms with van der Waals surface area (Å²) in [7, 11) is 0. The van der Waals surface area contributed by atoms with E-state index >= 15 is 0 Å². The van der Waals surface area contributed by atoms with E-state index in [1.165, 1.54) is 12.1 Å². The van der Waals surface area contributed by atoms with Crippen LogP contribution >= 0.6 is 0 Å². The lowest BCUT2D eigenvalue weighted by molar-refractivity contribution is -0.0744. The molecule has 0 saturated heterocycles. The number of benzene rings is 8. The van der Waals surface area contributed by atoms with Gasteiger partial charge in [0.2, 0.25) is 0 Å². The van der Waals surface area contributed by atoms with Crippen molar-refractivity contribution >= 4 is 43.5 Å². The van der Waals surface area contributed by atoms with Crippen LogP contribution in [0, 0.1) is 57.6 Å². The molecule has 12 rings (SSSR count). The van der Waals surface area contributed by atoms with Gasteiger partial charge >= 0.3 is 0 Å². The molecule has 8 aromatic carbocycles. The minimum Gasteiger partial charge on any atom is -0.457 e. The van der Waals surface area contributed by atoms with E-state index in [4.69, 9.17) is 26.5 Å². The Morgan fingerprint density at radius 2 is 1.22 bits per heavy atom. The monoisotopic (exact) mass is 1000 g/mol. The maximum absolute atomic E-state index is 9.95. The summed E-state index contributed by atoms with van der Waals surface area (Å²) < 4.78 is 101. The fourth-order valence-electron chi connectivity index (χ4n) is 12.0. The van der Waals surface area contributed by atoms with E-state index < -0.39 is 32.0 Å². The van der Waals surface area contributed by atoms with Gasteiger partial charge in [-0.05, 0) is 219 Å². The highest BCUT2D eigenvalue weighted by Crippen LogP contribution is 2.63. The quantitative estimate of drug-likeness (QED) is 0.142. The fraction of sp³-hybridized carbons (Fsp3) is 0.250. The van der Waals surface area contributed by atoms with Gasteiger partial charge in [-0.25, -0.2) is 0 Å². The summed E-state index contributed by atoms with van der Waals surface area (Å²) >= 11 is 0. The summed E-state index contributed by atoms with van der Waals surface area (Å²) in [5.41, 5.74) is 11.1. The summed E-state index contributed by atoms with van der Waals surface area (Å²) in [5, 5.41) is 5.68. The molecule has 11 aromatic rings. The van der Waals surface area contributed by atoms with Gasteiger partial charge in [0.1, 0.15) is 22.7 Å². The molecule has 3 aromatic heterocycles. The van der Waals surface area contributed by atoms with Gasteiger partial charge in [-0.2, -0.15) is 0 Å². The third kappa shape index (κ3) is 8.29. The van der Waals surface area contributed by atoms with Crippen molar-refractivity contribution in [1.29, 1.82) is 0 Å². The molecule has 1 saturated carbocycles. The maximum Gasteiger partial charge on any atom is 0.145 e. The molecule has 3 heterocycles. The van der Waals surface area contributed by atoms with Crippen LogP contribution in [-0.2, 0) is 0 Å². The van der Waals surface area contributed by atoms with Gasteiger partial charge in [0, 0.05) is 48.0 Å². The first-order valence-corrected chi connectivity index (χ1v) is 26.3. The van der Waals surface area contributed by atoms with E-state index in [9.17, 15) is 1.37 Å². The first-order chi connectivity index (χ1) is 40.3. The number of nitrogens with zero attached hydrogens (tertiary/aromatic N) is 2. The zero-order valence-electron chi connectivity index (χ0n) is 54.7. The van der Waals surface area contributed by atoms with Crippen molar-refractivity contribution in [1.82, 2.24) is 9.97 Å². The van der Waals surface area contributed by atoms with E-state index in [-0.39, 0.29) is 44.6 Å². The lowest BCUT2D eigenvalue weighted by Gasteiger charge is -2.59. The van der Waals surface area contributed by atoms with Gasteiger partial charge in [0.25, 0.3) is 0 Å². The molecule has 4 nitrogen and oxygen atoms in total. The minimum atomic E-state index is -2.81. The van der Waals surface area contributed by atoms with Gasteiger partial charge in [0.05, 0.1) is 11.4 Å². The van der Waals surface area contributed by atoms with Crippen LogP contribution in [-0.4, -0.2) is 9.97 Å². The van der Waals surface area contributed by atoms with E-state index in [1.54, 1.807) is 30.3 Å². The van der Waals surface area contributed by atoms with Crippen molar-refractivity contribution in [3.05, 3.63) is 203 Å². The number of hydrogen-bond acceptors (Lipinski definition) is 4. The van der Waals surface area contributed by atoms with Gasteiger partial charge in [-0.3, -0.25) is 9.97 Å². The third-order valence-corrected chi connectivity index (χ3v) is 17.6. The van der Waals surface area contributed by atoms with Crippen LogP contribution in [0.3, 0.4) is 0 Å². The van der Waals surface area contributed by atoms with Crippen molar-refractivity contribution in [3.63, 3.8) is 0 Å². The largest absolute Gasteiger partial charge is 0.457 e. The molecule has 0 atom stereocenters. The predicted molar refractivity (Wildman–Crippen MR) is 320 cm³/mol. The van der Waals surface area contributed by atoms with Crippen LogP contribution in [0.2, 0.25) is 0 Å². The molecule has 0 unspecified atom stereocenters. The number of aryl methyl sites for hydroxylation is 5. The third-order valence-electron chi connectivity index (χ3n) is 17.6. The van der Waals surface area contributed by atoms with Crippen LogP contribution in [0.1, 0.15) is 113 Å². The Morgan fingerprint density at radius 1 is 0.500 bits per heavy atom. The summed E-state index contributed by atoms with van der Waals surface area (Å²) in [6.07, 6.45) is 4.48. The average molecular weight is 1000 g/mol. The van der Waals surface area contributed by atoms with Gasteiger partial charge in [0.15, 0.2) is 0 Å². The van der Waals surface area contributed by atoms with Crippen LogP contribution in [0.5, 0.6) is 11.5 Å². The van der Waals surface area contributed by atoms with E-state index in [1.807, 2.05) is 43.5 Å². The molecule has 0 spiro atoms. The predicted octanol–water partition coefficient (Wildman–Crippen LogP) is 20.6. The second-order valence-electron chi connectivity index (χ2n) is 23.1. The summed E-state index contributed by atoms with van der Waals surface area (Å²) in [5.74, 6) is -0.489. The second kappa shape index (κ2) is 18.2. The number of rotatable bonds is 8. The number of furan rings is 1. The summed E-state index contributed by atoms with van der Waals surface area (Å²) in [6.45, 7) is 12.0. The van der Waals surface area contributed by atoms with Gasteiger partial charge < -0.3 is 9.15 Å². The van der Waals surface area contributed by atoms with E-state index in [0.717, 1.165) is 90.5 Å². The number of fused-ring (bicyclic) bond motifs is 6. The lowest BCUT2D eigenvalue weighted by atomic mass is 9.46. The van der Waals surface area contributed by atoms with Gasteiger partial charge in [-0.1, -0.05) is 145 Å². The zero-order chi connectivity index (χ0) is 61.4. The Hall–Kier alpha value is -7.82. The molecule has 0 bridgehead atoms. The molecular formula is C72H68N2O2. The molecule has 4 heteroatoms. The molecule has 0 amide bonds. The second-order valence-corrected chi connectivity index (χ2v) is 23.1. The zero-order valence-corrected chi connectivity index (χ0v) is 44.7. The molecule has 0 radical (unpaired) electrons. The number of ether oxygens (including phenoxy) is 1. The molecule has 378 valence electrons. The SMILES string of the molecule is [2H]C([2H])([2H])c1cnc(-c2cc(Oc3cc(-c4cc(-c5ccc(-c6ccc(C7([2H])CC(C)(C)C(C)(C)C(C)(C)C7)cc6C)cc5C)c(C)cn4)c4oc5cc6c(ccc7ccccc76)cc5c4c3)c(C([2H])([2H])[2H])c(-c3ccccc3)c2)cc1C([2H])([2H])[2H].